The largest absolute Gasteiger partial charge is 0.472 e. The van der Waals surface area contributed by atoms with E-state index in [4.69, 9.17) is 46.9 Å². The number of hydrogen-bond donors (Lipinski definition) is 10. The maximum Gasteiger partial charge on any atom is 0.472 e. The fourth-order valence-electron chi connectivity index (χ4n) is 17.4. The van der Waals surface area contributed by atoms with Gasteiger partial charge in [0, 0.05) is 25.7 Å². The monoisotopic (exact) mass is 1780 g/mol. The van der Waals surface area contributed by atoms with E-state index < -0.39 is 162 Å². The van der Waals surface area contributed by atoms with E-state index in [-0.39, 0.29) is 25.7 Å². The molecule has 0 aromatic carbocycles. The first kappa shape index (κ1) is 115. The Labute approximate surface area is 744 Å². The van der Waals surface area contributed by atoms with Crippen LogP contribution in [-0.4, -0.2) is 205 Å². The molecule has 0 spiro atoms. The van der Waals surface area contributed by atoms with Crippen molar-refractivity contribution in [1.29, 1.82) is 0 Å². The molecule has 2 heterocycles. The van der Waals surface area contributed by atoms with Gasteiger partial charge in [-0.25, -0.2) is 4.57 Å². The third-order valence-electron chi connectivity index (χ3n) is 25.7. The zero-order valence-electron chi connectivity index (χ0n) is 78.4. The first-order chi connectivity index (χ1) is 59.3. The number of carbonyl (C=O) groups is 4. The number of aliphatic hydroxyl groups is 9. The van der Waals surface area contributed by atoms with E-state index in [9.17, 15) is 74.6 Å². The molecule has 2 saturated heterocycles. The Balaban J connectivity index is 1.93. The summed E-state index contributed by atoms with van der Waals surface area (Å²) in [6, 6.07) is 0. The van der Waals surface area contributed by atoms with Crippen molar-refractivity contribution in [2.75, 3.05) is 26.4 Å². The number of phosphoric ester groups is 1. The third-order valence-corrected chi connectivity index (χ3v) is 26.7. The summed E-state index contributed by atoms with van der Waals surface area (Å²) in [7, 11) is -5.82. The number of rotatable bonds is 80. The average Bonchev–Trinajstić information content (AvgIpc) is 0.753. The van der Waals surface area contributed by atoms with Crippen molar-refractivity contribution in [3.8, 4) is 0 Å². The van der Waals surface area contributed by atoms with Crippen LogP contribution >= 0.6 is 7.82 Å². The van der Waals surface area contributed by atoms with Crippen molar-refractivity contribution < 1.29 is 122 Å². The molecule has 25 nitrogen and oxygen atoms in total. The van der Waals surface area contributed by atoms with Crippen molar-refractivity contribution in [3.05, 3.63) is 0 Å². The minimum Gasteiger partial charge on any atom is -0.463 e. The summed E-state index contributed by atoms with van der Waals surface area (Å²) < 4.78 is 73.8. The summed E-state index contributed by atoms with van der Waals surface area (Å²) in [4.78, 5) is 66.9. The SMILES string of the molecule is CCCCCCCCC(C)CCCCCCCCC(=O)OCC(COP(=O)(O)OC1C(OC2OC(CO)C(O)C(O)C2O)C(O)C(O)C(OC(=O)CCCCCCCCC(C)CCCCCCCC)C1OC1OC(COC(=O)CCCCCCCCC(C)CCCCCCCC)C(O)C(O)C1O)OC(=O)CCCCCCCCC(C)CCCCCCCC. The zero-order valence-corrected chi connectivity index (χ0v) is 79.3. The van der Waals surface area contributed by atoms with Crippen LogP contribution in [-0.2, 0) is 70.7 Å². The average molecular weight is 1780 g/mol. The van der Waals surface area contributed by atoms with Gasteiger partial charge in [0.15, 0.2) is 24.8 Å². The molecule has 2 aliphatic heterocycles. The molecule has 3 fully saturated rings. The molecule has 22 unspecified atom stereocenters. The van der Waals surface area contributed by atoms with Crippen molar-refractivity contribution in [2.45, 2.75) is 545 Å². The van der Waals surface area contributed by atoms with Gasteiger partial charge in [-0.3, -0.25) is 28.2 Å². The van der Waals surface area contributed by atoms with Crippen molar-refractivity contribution >= 4 is 31.7 Å². The van der Waals surface area contributed by atoms with Gasteiger partial charge in [-0.2, -0.15) is 0 Å². The third kappa shape index (κ3) is 52.9. The minimum atomic E-state index is -5.82. The molecular formula is C97H183O25P. The van der Waals surface area contributed by atoms with Gasteiger partial charge in [-0.05, 0) is 49.4 Å². The molecule has 726 valence electrons. The molecule has 10 N–H and O–H groups in total. The standard InChI is InChI=1S/C97H183O25P/c1-9-13-17-21-33-45-57-73(5)61-49-37-25-29-41-53-65-80(99)113-70-77(116-82(101)67-55-43-31-27-39-51-63-75(7)59-47-35-23-19-15-11-3)71-115-123(111,112)122-95-93(120-96-90(109)86(105)84(103)78(69-98)117-96)89(108)88(107)92(119-83(102)68-56-44-32-28-40-52-64-76(8)60-48-36-24-20-16-12-4)94(95)121-97-91(110)87(106)85(104)79(118-97)72-114-81(100)66-54-42-30-26-38-50-62-74(6)58-46-34-22-18-14-10-2/h73-79,84-98,103-110H,9-72H2,1-8H3,(H,111,112). The molecule has 0 aromatic rings. The maximum absolute atomic E-state index is 15.0. The second kappa shape index (κ2) is 72.1. The topological polar surface area (TPSA) is 380 Å². The van der Waals surface area contributed by atoms with Crippen LogP contribution in [0.3, 0.4) is 0 Å². The summed E-state index contributed by atoms with van der Waals surface area (Å²) in [5.41, 5.74) is 0. The Kier molecular flexibility index (Phi) is 67.2. The van der Waals surface area contributed by atoms with Crippen LogP contribution in [0.1, 0.15) is 441 Å². The molecule has 0 aromatic heterocycles. The zero-order chi connectivity index (χ0) is 90.3. The highest BCUT2D eigenvalue weighted by Crippen LogP contribution is 2.49. The lowest BCUT2D eigenvalue weighted by Crippen LogP contribution is -2.70. The van der Waals surface area contributed by atoms with E-state index in [2.05, 4.69) is 55.4 Å². The summed E-state index contributed by atoms with van der Waals surface area (Å²) in [6.07, 6.45) is 25.2. The molecule has 0 bridgehead atoms. The van der Waals surface area contributed by atoms with Crippen molar-refractivity contribution in [1.82, 2.24) is 0 Å². The van der Waals surface area contributed by atoms with Gasteiger partial charge in [-0.1, -0.05) is 389 Å². The number of hydrogen-bond acceptors (Lipinski definition) is 24. The summed E-state index contributed by atoms with van der Waals surface area (Å²) >= 11 is 0. The van der Waals surface area contributed by atoms with Gasteiger partial charge < -0.3 is 88.7 Å². The Morgan fingerprint density at radius 3 is 0.967 bits per heavy atom. The maximum atomic E-state index is 15.0. The van der Waals surface area contributed by atoms with Crippen LogP contribution in [0.2, 0.25) is 0 Å². The first-order valence-corrected chi connectivity index (χ1v) is 51.8. The molecule has 3 aliphatic rings. The van der Waals surface area contributed by atoms with Gasteiger partial charge in [0.1, 0.15) is 92.6 Å². The van der Waals surface area contributed by atoms with Gasteiger partial charge in [0.05, 0.1) is 13.2 Å². The predicted molar refractivity (Wildman–Crippen MR) is 481 cm³/mol. The highest BCUT2D eigenvalue weighted by Gasteiger charge is 2.60. The van der Waals surface area contributed by atoms with Crippen molar-refractivity contribution in [2.24, 2.45) is 23.7 Å². The van der Waals surface area contributed by atoms with Gasteiger partial charge in [-0.15, -0.1) is 0 Å². The molecular weight excluding hydrogens is 1600 g/mol. The summed E-state index contributed by atoms with van der Waals surface area (Å²) in [5, 5.41) is 103. The second-order valence-electron chi connectivity index (χ2n) is 37.4. The minimum absolute atomic E-state index is 0.0159. The van der Waals surface area contributed by atoms with E-state index in [0.29, 0.717) is 55.8 Å². The van der Waals surface area contributed by atoms with Gasteiger partial charge >= 0.3 is 31.7 Å². The van der Waals surface area contributed by atoms with Crippen LogP contribution in [0.25, 0.3) is 0 Å². The lowest BCUT2D eigenvalue weighted by molar-refractivity contribution is -0.360. The number of ether oxygens (including phenoxy) is 8. The van der Waals surface area contributed by atoms with Gasteiger partial charge in [0.2, 0.25) is 0 Å². The molecule has 26 heteroatoms. The lowest BCUT2D eigenvalue weighted by atomic mass is 9.84. The van der Waals surface area contributed by atoms with Crippen molar-refractivity contribution in [3.63, 3.8) is 0 Å². The number of phosphoric acid groups is 1. The molecule has 1 aliphatic carbocycles. The number of carbonyl (C=O) groups excluding carboxylic acids is 4. The number of esters is 4. The Bertz CT molecular complexity index is 2610. The Morgan fingerprint density at radius 1 is 0.317 bits per heavy atom. The normalized spacial score (nSPS) is 25.4. The van der Waals surface area contributed by atoms with Crippen LogP contribution in [0.15, 0.2) is 0 Å². The lowest BCUT2D eigenvalue weighted by Gasteiger charge is -2.50. The number of unbranched alkanes of at least 4 members (excludes halogenated alkanes) is 40. The van der Waals surface area contributed by atoms with Crippen LogP contribution in [0.5, 0.6) is 0 Å². The second-order valence-corrected chi connectivity index (χ2v) is 38.9. The number of aliphatic hydroxyl groups excluding tert-OH is 9. The highest BCUT2D eigenvalue weighted by molar-refractivity contribution is 7.47. The molecule has 3 rings (SSSR count). The van der Waals surface area contributed by atoms with Gasteiger partial charge in [0.25, 0.3) is 0 Å². The summed E-state index contributed by atoms with van der Waals surface area (Å²) in [5.74, 6) is -0.282. The smallest absolute Gasteiger partial charge is 0.463 e. The van der Waals surface area contributed by atoms with Crippen LogP contribution < -0.4 is 0 Å². The Hall–Kier alpha value is -2.53. The molecule has 22 atom stereocenters. The predicted octanol–water partition coefficient (Wildman–Crippen LogP) is 19.5. The molecule has 123 heavy (non-hydrogen) atoms. The molecule has 0 radical (unpaired) electrons. The van der Waals surface area contributed by atoms with E-state index in [1.807, 2.05) is 0 Å². The molecule has 0 amide bonds. The molecule has 1 saturated carbocycles. The van der Waals surface area contributed by atoms with E-state index >= 15 is 0 Å². The van der Waals surface area contributed by atoms with E-state index in [0.717, 1.165) is 128 Å². The highest BCUT2D eigenvalue weighted by atomic mass is 31.2. The summed E-state index contributed by atoms with van der Waals surface area (Å²) in [6.45, 7) is 14.9. The quantitative estimate of drug-likeness (QED) is 0.0117. The van der Waals surface area contributed by atoms with E-state index in [1.54, 1.807) is 0 Å². The Morgan fingerprint density at radius 2 is 0.610 bits per heavy atom. The van der Waals surface area contributed by atoms with Crippen LogP contribution in [0, 0.1) is 23.7 Å². The fourth-order valence-corrected chi connectivity index (χ4v) is 18.3. The first-order valence-electron chi connectivity index (χ1n) is 50.3. The van der Waals surface area contributed by atoms with Crippen LogP contribution in [0.4, 0.5) is 0 Å². The fraction of sp³-hybridized carbons (Fsp3) is 0.959. The van der Waals surface area contributed by atoms with E-state index in [1.165, 1.54) is 199 Å².